The van der Waals surface area contributed by atoms with E-state index in [4.69, 9.17) is 32.7 Å². The first-order chi connectivity index (χ1) is 14.6. The molecule has 0 aliphatic rings. The Balaban J connectivity index is 1.35. The zero-order valence-corrected chi connectivity index (χ0v) is 17.9. The summed E-state index contributed by atoms with van der Waals surface area (Å²) >= 11 is 12.0. The molecule has 0 saturated heterocycles. The molecule has 0 unspecified atom stereocenters. The Hall–Kier alpha value is -2.73. The summed E-state index contributed by atoms with van der Waals surface area (Å²) in [4.78, 5) is 7.89. The van der Waals surface area contributed by atoms with E-state index in [2.05, 4.69) is 15.3 Å². The Kier molecular flexibility index (Phi) is 6.43. The van der Waals surface area contributed by atoms with E-state index in [-0.39, 0.29) is 0 Å². The summed E-state index contributed by atoms with van der Waals surface area (Å²) in [6, 6.07) is 19.3. The van der Waals surface area contributed by atoms with Gasteiger partial charge in [0.05, 0.1) is 34.7 Å². The molecule has 0 spiro atoms. The van der Waals surface area contributed by atoms with E-state index in [0.717, 1.165) is 28.0 Å². The number of hydrogen-bond donors (Lipinski definition) is 2. The molecular formula is C23H21Cl2N3O2. The van der Waals surface area contributed by atoms with Crippen molar-refractivity contribution < 1.29 is 9.47 Å². The van der Waals surface area contributed by atoms with Crippen LogP contribution in [-0.4, -0.2) is 17.1 Å². The van der Waals surface area contributed by atoms with Crippen molar-refractivity contribution in [3.8, 4) is 11.5 Å². The third kappa shape index (κ3) is 4.87. The van der Waals surface area contributed by atoms with Gasteiger partial charge in [0.15, 0.2) is 11.5 Å². The van der Waals surface area contributed by atoms with E-state index < -0.39 is 0 Å². The lowest BCUT2D eigenvalue weighted by Crippen LogP contribution is -2.13. The summed E-state index contributed by atoms with van der Waals surface area (Å²) in [6.45, 7) is 1.70. The molecule has 0 radical (unpaired) electrons. The van der Waals surface area contributed by atoms with Crippen LogP contribution in [0, 0.1) is 0 Å². The quantitative estimate of drug-likeness (QED) is 0.365. The van der Waals surface area contributed by atoms with E-state index in [1.54, 1.807) is 19.2 Å². The lowest BCUT2D eigenvalue weighted by atomic mass is 10.2. The Bertz CT molecular complexity index is 1130. The summed E-state index contributed by atoms with van der Waals surface area (Å²) < 4.78 is 11.4. The van der Waals surface area contributed by atoms with Crippen LogP contribution in [0.3, 0.4) is 0 Å². The van der Waals surface area contributed by atoms with Gasteiger partial charge in [-0.15, -0.1) is 0 Å². The van der Waals surface area contributed by atoms with Crippen molar-refractivity contribution in [2.75, 3.05) is 7.11 Å². The second-order valence-electron chi connectivity index (χ2n) is 6.83. The maximum absolute atomic E-state index is 6.06. The van der Waals surface area contributed by atoms with Crippen molar-refractivity contribution in [3.63, 3.8) is 0 Å². The molecule has 4 aromatic rings. The summed E-state index contributed by atoms with van der Waals surface area (Å²) in [5.74, 6) is 2.26. The van der Waals surface area contributed by atoms with Gasteiger partial charge in [-0.05, 0) is 47.5 Å². The largest absolute Gasteiger partial charge is 0.493 e. The highest BCUT2D eigenvalue weighted by Gasteiger charge is 2.08. The maximum atomic E-state index is 6.06. The van der Waals surface area contributed by atoms with Crippen LogP contribution in [0.2, 0.25) is 10.0 Å². The van der Waals surface area contributed by atoms with Crippen molar-refractivity contribution in [3.05, 3.63) is 87.7 Å². The summed E-state index contributed by atoms with van der Waals surface area (Å²) in [5.41, 5.74) is 4.03. The number of aromatic amines is 1. The number of fused-ring (bicyclic) bond motifs is 1. The molecule has 30 heavy (non-hydrogen) atoms. The highest BCUT2D eigenvalue weighted by atomic mass is 35.5. The molecule has 5 nitrogen and oxygen atoms in total. The van der Waals surface area contributed by atoms with Gasteiger partial charge < -0.3 is 19.8 Å². The predicted octanol–water partition coefficient (Wildman–Crippen LogP) is 5.75. The lowest BCUT2D eigenvalue weighted by molar-refractivity contribution is 0.284. The smallest absolute Gasteiger partial charge is 0.161 e. The summed E-state index contributed by atoms with van der Waals surface area (Å²) in [7, 11) is 1.63. The number of aromatic nitrogens is 2. The van der Waals surface area contributed by atoms with E-state index in [0.29, 0.717) is 41.2 Å². The molecule has 4 rings (SSSR count). The molecule has 154 valence electrons. The first-order valence-electron chi connectivity index (χ1n) is 9.50. The minimum absolute atomic E-state index is 0.372. The molecule has 0 amide bonds. The fourth-order valence-electron chi connectivity index (χ4n) is 3.15. The van der Waals surface area contributed by atoms with Crippen molar-refractivity contribution in [2.24, 2.45) is 0 Å². The van der Waals surface area contributed by atoms with Crippen molar-refractivity contribution in [1.29, 1.82) is 0 Å². The van der Waals surface area contributed by atoms with Crippen LogP contribution in [0.15, 0.2) is 60.7 Å². The molecule has 2 N–H and O–H groups in total. The van der Waals surface area contributed by atoms with Crippen LogP contribution in [0.5, 0.6) is 11.5 Å². The average molecular weight is 442 g/mol. The molecule has 0 aliphatic heterocycles. The maximum Gasteiger partial charge on any atom is 0.161 e. The Labute approximate surface area is 184 Å². The average Bonchev–Trinajstić information content (AvgIpc) is 3.18. The highest BCUT2D eigenvalue weighted by Crippen LogP contribution is 2.30. The Morgan fingerprint density at radius 3 is 2.53 bits per heavy atom. The van der Waals surface area contributed by atoms with Crippen LogP contribution in [0.1, 0.15) is 17.0 Å². The summed E-state index contributed by atoms with van der Waals surface area (Å²) in [6.07, 6.45) is 0. The van der Waals surface area contributed by atoms with Crippen LogP contribution in [0.25, 0.3) is 11.0 Å². The second kappa shape index (κ2) is 9.39. The van der Waals surface area contributed by atoms with Crippen LogP contribution >= 0.6 is 23.2 Å². The van der Waals surface area contributed by atoms with E-state index in [1.165, 1.54) is 0 Å². The number of benzene rings is 3. The number of imidazole rings is 1. The molecule has 0 atom stereocenters. The molecule has 0 saturated carbocycles. The number of ether oxygens (including phenoxy) is 2. The SMILES string of the molecule is COc1cc(CNCc2nc3ccccc3[nH]2)ccc1OCc1ccc(Cl)c(Cl)c1. The van der Waals surface area contributed by atoms with Crippen LogP contribution in [-0.2, 0) is 19.7 Å². The highest BCUT2D eigenvalue weighted by molar-refractivity contribution is 6.42. The van der Waals surface area contributed by atoms with Crippen molar-refractivity contribution >= 4 is 34.2 Å². The predicted molar refractivity (Wildman–Crippen MR) is 120 cm³/mol. The number of H-pyrrole nitrogens is 1. The number of rotatable bonds is 8. The van der Waals surface area contributed by atoms with Crippen molar-refractivity contribution in [2.45, 2.75) is 19.7 Å². The fraction of sp³-hybridized carbons (Fsp3) is 0.174. The minimum Gasteiger partial charge on any atom is -0.493 e. The first kappa shape index (κ1) is 20.5. The number of nitrogens with zero attached hydrogens (tertiary/aromatic N) is 1. The fourth-order valence-corrected chi connectivity index (χ4v) is 3.47. The van der Waals surface area contributed by atoms with Crippen LogP contribution < -0.4 is 14.8 Å². The van der Waals surface area contributed by atoms with E-state index in [9.17, 15) is 0 Å². The molecule has 3 aromatic carbocycles. The number of para-hydroxylation sites is 2. The number of nitrogens with one attached hydrogen (secondary N) is 2. The third-order valence-corrected chi connectivity index (χ3v) is 5.41. The minimum atomic E-state index is 0.372. The standard InChI is InChI=1S/C23H21Cl2N3O2/c1-29-22-11-15(12-26-13-23-27-19-4-2-3-5-20(19)28-23)7-9-21(22)30-14-16-6-8-17(24)18(25)10-16/h2-11,26H,12-14H2,1H3,(H,27,28). The van der Waals surface area contributed by atoms with E-state index in [1.807, 2.05) is 48.5 Å². The lowest BCUT2D eigenvalue weighted by Gasteiger charge is -2.13. The van der Waals surface area contributed by atoms with Crippen molar-refractivity contribution in [1.82, 2.24) is 15.3 Å². The topological polar surface area (TPSA) is 59.2 Å². The van der Waals surface area contributed by atoms with Gasteiger partial charge in [0.25, 0.3) is 0 Å². The van der Waals surface area contributed by atoms with Gasteiger partial charge in [-0.2, -0.15) is 0 Å². The van der Waals surface area contributed by atoms with E-state index >= 15 is 0 Å². The van der Waals surface area contributed by atoms with Gasteiger partial charge in [0, 0.05) is 6.54 Å². The van der Waals surface area contributed by atoms with Gasteiger partial charge >= 0.3 is 0 Å². The Morgan fingerprint density at radius 1 is 0.900 bits per heavy atom. The molecule has 1 aromatic heterocycles. The normalized spacial score (nSPS) is 11.0. The first-order valence-corrected chi connectivity index (χ1v) is 10.3. The Morgan fingerprint density at radius 2 is 1.73 bits per heavy atom. The van der Waals surface area contributed by atoms with Gasteiger partial charge in [-0.1, -0.05) is 47.5 Å². The van der Waals surface area contributed by atoms with Gasteiger partial charge in [0.1, 0.15) is 12.4 Å². The molecule has 1 heterocycles. The number of methoxy groups -OCH3 is 1. The van der Waals surface area contributed by atoms with Gasteiger partial charge in [-0.3, -0.25) is 0 Å². The third-order valence-electron chi connectivity index (χ3n) is 4.67. The molecular weight excluding hydrogens is 421 g/mol. The monoisotopic (exact) mass is 441 g/mol. The van der Waals surface area contributed by atoms with Gasteiger partial charge in [0.2, 0.25) is 0 Å². The number of halogens is 2. The number of hydrogen-bond acceptors (Lipinski definition) is 4. The van der Waals surface area contributed by atoms with Crippen LogP contribution in [0.4, 0.5) is 0 Å². The molecule has 0 bridgehead atoms. The molecule has 7 heteroatoms. The van der Waals surface area contributed by atoms with Gasteiger partial charge in [-0.25, -0.2) is 4.98 Å². The zero-order chi connectivity index (χ0) is 20.9. The zero-order valence-electron chi connectivity index (χ0n) is 16.4. The molecule has 0 aliphatic carbocycles. The summed E-state index contributed by atoms with van der Waals surface area (Å²) in [5, 5.41) is 4.44. The molecule has 0 fully saturated rings. The second-order valence-corrected chi connectivity index (χ2v) is 7.64.